The van der Waals surface area contributed by atoms with Gasteiger partial charge in [-0.15, -0.1) is 0 Å². The second-order valence-corrected chi connectivity index (χ2v) is 7.69. The van der Waals surface area contributed by atoms with Crippen LogP contribution in [0.2, 0.25) is 0 Å². The number of likely N-dealkylation sites (tertiary alicyclic amines) is 1. The van der Waals surface area contributed by atoms with Crippen molar-refractivity contribution in [3.63, 3.8) is 0 Å². The molecule has 1 fully saturated rings. The number of piperidine rings is 1. The molecule has 0 saturated carbocycles. The third kappa shape index (κ3) is 6.27. The molecule has 148 valence electrons. The molecule has 7 nitrogen and oxygen atoms in total. The van der Waals surface area contributed by atoms with E-state index in [1.165, 1.54) is 0 Å². The average Bonchev–Trinajstić information content (AvgIpc) is 2.60. The number of carbonyl (C=O) groups is 3. The minimum atomic E-state index is -0.598. The van der Waals surface area contributed by atoms with Crippen LogP contribution in [0.15, 0.2) is 24.3 Å². The molecule has 2 N–H and O–H groups in total. The normalized spacial score (nSPS) is 17.2. The van der Waals surface area contributed by atoms with E-state index in [1.807, 2.05) is 6.92 Å². The third-order valence-corrected chi connectivity index (χ3v) is 4.19. The van der Waals surface area contributed by atoms with E-state index in [1.54, 1.807) is 49.9 Å². The van der Waals surface area contributed by atoms with Gasteiger partial charge in [0.2, 0.25) is 5.91 Å². The Bertz CT molecular complexity index is 697. The predicted molar refractivity (Wildman–Crippen MR) is 104 cm³/mol. The van der Waals surface area contributed by atoms with Crippen LogP contribution in [0.3, 0.4) is 0 Å². The van der Waals surface area contributed by atoms with Crippen molar-refractivity contribution in [2.24, 2.45) is 5.92 Å². The van der Waals surface area contributed by atoms with Gasteiger partial charge in [-0.1, -0.05) is 6.07 Å². The SMILES string of the molecule is CCNC(=O)C1CCCN(C(=O)c2cccc(NC(=O)OC(C)(C)C)c2)C1. The Morgan fingerprint density at radius 1 is 1.26 bits per heavy atom. The number of hydrogen-bond donors (Lipinski definition) is 2. The van der Waals surface area contributed by atoms with Crippen LogP contribution in [0.1, 0.15) is 50.9 Å². The number of nitrogens with one attached hydrogen (secondary N) is 2. The molecule has 0 aliphatic carbocycles. The number of anilines is 1. The van der Waals surface area contributed by atoms with Crippen LogP contribution in [-0.4, -0.2) is 48.0 Å². The molecule has 1 aliphatic heterocycles. The van der Waals surface area contributed by atoms with Crippen LogP contribution in [0.25, 0.3) is 0 Å². The van der Waals surface area contributed by atoms with Crippen molar-refractivity contribution < 1.29 is 19.1 Å². The lowest BCUT2D eigenvalue weighted by molar-refractivity contribution is -0.126. The second kappa shape index (κ2) is 8.88. The smallest absolute Gasteiger partial charge is 0.412 e. The Hall–Kier alpha value is -2.57. The lowest BCUT2D eigenvalue weighted by atomic mass is 9.96. The van der Waals surface area contributed by atoms with E-state index < -0.39 is 11.7 Å². The van der Waals surface area contributed by atoms with E-state index in [0.717, 1.165) is 12.8 Å². The maximum Gasteiger partial charge on any atom is 0.412 e. The summed E-state index contributed by atoms with van der Waals surface area (Å²) in [6.45, 7) is 8.86. The Labute approximate surface area is 160 Å². The topological polar surface area (TPSA) is 87.7 Å². The standard InChI is InChI=1S/C20H29N3O4/c1-5-21-17(24)15-9-7-11-23(13-15)18(25)14-8-6-10-16(12-14)22-19(26)27-20(2,3)4/h6,8,10,12,15H,5,7,9,11,13H2,1-4H3,(H,21,24)(H,22,26). The van der Waals surface area contributed by atoms with Crippen LogP contribution >= 0.6 is 0 Å². The highest BCUT2D eigenvalue weighted by molar-refractivity contribution is 5.96. The van der Waals surface area contributed by atoms with Crippen molar-refractivity contribution in [1.29, 1.82) is 0 Å². The Balaban J connectivity index is 2.04. The monoisotopic (exact) mass is 375 g/mol. The van der Waals surface area contributed by atoms with Crippen LogP contribution in [0.5, 0.6) is 0 Å². The first-order chi connectivity index (χ1) is 12.7. The molecule has 0 radical (unpaired) electrons. The highest BCUT2D eigenvalue weighted by Gasteiger charge is 2.28. The zero-order valence-electron chi connectivity index (χ0n) is 16.5. The van der Waals surface area contributed by atoms with Gasteiger partial charge in [-0.3, -0.25) is 14.9 Å². The first kappa shape index (κ1) is 20.7. The highest BCUT2D eigenvalue weighted by atomic mass is 16.6. The van der Waals surface area contributed by atoms with Gasteiger partial charge in [0.15, 0.2) is 0 Å². The second-order valence-electron chi connectivity index (χ2n) is 7.69. The molecule has 1 unspecified atom stereocenters. The van der Waals surface area contributed by atoms with Crippen molar-refractivity contribution in [3.8, 4) is 0 Å². The molecule has 3 amide bonds. The van der Waals surface area contributed by atoms with E-state index >= 15 is 0 Å². The summed E-state index contributed by atoms with van der Waals surface area (Å²) in [4.78, 5) is 38.5. The molecule has 1 aromatic carbocycles. The maximum atomic E-state index is 12.8. The van der Waals surface area contributed by atoms with Gasteiger partial charge in [0.1, 0.15) is 5.60 Å². The predicted octanol–water partition coefficient (Wildman–Crippen LogP) is 3.02. The third-order valence-electron chi connectivity index (χ3n) is 4.19. The summed E-state index contributed by atoms with van der Waals surface area (Å²) in [6.07, 6.45) is 1.01. The number of nitrogens with zero attached hydrogens (tertiary/aromatic N) is 1. The largest absolute Gasteiger partial charge is 0.444 e. The first-order valence-electron chi connectivity index (χ1n) is 9.36. The van der Waals surface area contributed by atoms with Crippen LogP contribution in [0.4, 0.5) is 10.5 Å². The van der Waals surface area contributed by atoms with Crippen LogP contribution in [0, 0.1) is 5.92 Å². The quantitative estimate of drug-likeness (QED) is 0.847. The number of rotatable bonds is 4. The average molecular weight is 375 g/mol. The van der Waals surface area contributed by atoms with Gasteiger partial charge in [0, 0.05) is 30.9 Å². The van der Waals surface area contributed by atoms with Gasteiger partial charge >= 0.3 is 6.09 Å². The molecule has 1 atom stereocenters. The fraction of sp³-hybridized carbons (Fsp3) is 0.550. The fourth-order valence-electron chi connectivity index (χ4n) is 3.03. The summed E-state index contributed by atoms with van der Waals surface area (Å²) in [7, 11) is 0. The zero-order chi connectivity index (χ0) is 20.0. The Morgan fingerprint density at radius 2 is 2.00 bits per heavy atom. The number of benzene rings is 1. The molecule has 2 rings (SSSR count). The molecule has 0 aromatic heterocycles. The molecule has 1 heterocycles. The van der Waals surface area contributed by atoms with E-state index in [0.29, 0.717) is 30.9 Å². The Kier molecular flexibility index (Phi) is 6.82. The summed E-state index contributed by atoms with van der Waals surface area (Å²) in [5, 5.41) is 5.47. The summed E-state index contributed by atoms with van der Waals surface area (Å²) >= 11 is 0. The highest BCUT2D eigenvalue weighted by Crippen LogP contribution is 2.20. The van der Waals surface area contributed by atoms with Crippen molar-refractivity contribution in [3.05, 3.63) is 29.8 Å². The van der Waals surface area contributed by atoms with E-state index in [-0.39, 0.29) is 17.7 Å². The molecule has 27 heavy (non-hydrogen) atoms. The Morgan fingerprint density at radius 3 is 2.67 bits per heavy atom. The summed E-state index contributed by atoms with van der Waals surface area (Å²) in [5.74, 6) is -0.321. The lowest BCUT2D eigenvalue weighted by Gasteiger charge is -2.32. The fourth-order valence-corrected chi connectivity index (χ4v) is 3.03. The van der Waals surface area contributed by atoms with Gasteiger partial charge in [-0.2, -0.15) is 0 Å². The number of amides is 3. The minimum absolute atomic E-state index is 0.00431. The van der Waals surface area contributed by atoms with Crippen LogP contribution < -0.4 is 10.6 Å². The molecule has 1 saturated heterocycles. The summed E-state index contributed by atoms with van der Waals surface area (Å²) in [5.41, 5.74) is 0.367. The molecular formula is C20H29N3O4. The summed E-state index contributed by atoms with van der Waals surface area (Å²) in [6, 6.07) is 6.75. The van der Waals surface area contributed by atoms with Gasteiger partial charge in [-0.25, -0.2) is 4.79 Å². The maximum absolute atomic E-state index is 12.8. The van der Waals surface area contributed by atoms with E-state index in [9.17, 15) is 14.4 Å². The van der Waals surface area contributed by atoms with Gasteiger partial charge in [0.05, 0.1) is 5.92 Å². The molecule has 0 spiro atoms. The van der Waals surface area contributed by atoms with E-state index in [2.05, 4.69) is 10.6 Å². The molecule has 0 bridgehead atoms. The molecule has 1 aliphatic rings. The van der Waals surface area contributed by atoms with Gasteiger partial charge < -0.3 is 15.0 Å². The number of ether oxygens (including phenoxy) is 1. The lowest BCUT2D eigenvalue weighted by Crippen LogP contribution is -2.45. The molecule has 7 heteroatoms. The molecular weight excluding hydrogens is 346 g/mol. The first-order valence-corrected chi connectivity index (χ1v) is 9.36. The number of carbonyl (C=O) groups excluding carboxylic acids is 3. The van der Waals surface area contributed by atoms with Crippen molar-refractivity contribution in [1.82, 2.24) is 10.2 Å². The van der Waals surface area contributed by atoms with Gasteiger partial charge in [0.25, 0.3) is 5.91 Å². The summed E-state index contributed by atoms with van der Waals surface area (Å²) < 4.78 is 5.23. The number of hydrogen-bond acceptors (Lipinski definition) is 4. The van der Waals surface area contributed by atoms with Crippen molar-refractivity contribution in [2.75, 3.05) is 25.0 Å². The van der Waals surface area contributed by atoms with Crippen molar-refractivity contribution in [2.45, 2.75) is 46.1 Å². The molecule has 1 aromatic rings. The van der Waals surface area contributed by atoms with Crippen LogP contribution in [-0.2, 0) is 9.53 Å². The zero-order valence-corrected chi connectivity index (χ0v) is 16.5. The van der Waals surface area contributed by atoms with Crippen molar-refractivity contribution >= 4 is 23.6 Å². The van der Waals surface area contributed by atoms with Gasteiger partial charge in [-0.05, 0) is 58.7 Å². The minimum Gasteiger partial charge on any atom is -0.444 e. The van der Waals surface area contributed by atoms with E-state index in [4.69, 9.17) is 4.74 Å².